The molecule has 1 fully saturated rings. The third kappa shape index (κ3) is 2.09. The first-order valence-electron chi connectivity index (χ1n) is 6.68. The highest BCUT2D eigenvalue weighted by Crippen LogP contribution is 2.39. The third-order valence-corrected chi connectivity index (χ3v) is 3.83. The number of fused-ring (bicyclic) bond motifs is 1. The number of aliphatic hydroxyl groups is 3. The number of nitrogens with one attached hydrogen (secondary N) is 1. The topological polar surface area (TPSA) is 188 Å². The number of anilines is 2. The summed E-state index contributed by atoms with van der Waals surface area (Å²) < 4.78 is 6.79. The van der Waals surface area contributed by atoms with Gasteiger partial charge in [0, 0.05) is 0 Å². The van der Waals surface area contributed by atoms with Crippen molar-refractivity contribution in [3.05, 3.63) is 11.9 Å². The fraction of sp³-hybridized carbons (Fsp3) is 0.417. The van der Waals surface area contributed by atoms with Crippen LogP contribution in [0.25, 0.3) is 11.0 Å². The van der Waals surface area contributed by atoms with Gasteiger partial charge in [0.05, 0.1) is 12.0 Å². The lowest BCUT2D eigenvalue weighted by molar-refractivity contribution is -0.0499. The van der Waals surface area contributed by atoms with Gasteiger partial charge >= 0.3 is 0 Å². The fourth-order valence-electron chi connectivity index (χ4n) is 2.75. The van der Waals surface area contributed by atoms with E-state index >= 15 is 0 Å². The highest BCUT2D eigenvalue weighted by atomic mass is 16.6. The smallest absolute Gasteiger partial charge is 0.166 e. The monoisotopic (exact) mass is 321 g/mol. The van der Waals surface area contributed by atoms with Gasteiger partial charge < -0.3 is 31.2 Å². The zero-order valence-electron chi connectivity index (χ0n) is 11.8. The molecule has 0 saturated carbocycles. The zero-order valence-corrected chi connectivity index (χ0v) is 11.8. The average molecular weight is 321 g/mol. The van der Waals surface area contributed by atoms with Crippen LogP contribution in [-0.4, -0.2) is 54.8 Å². The Morgan fingerprint density at radius 3 is 2.70 bits per heavy atom. The molecule has 1 aliphatic heterocycles. The van der Waals surface area contributed by atoms with Crippen molar-refractivity contribution in [3.63, 3.8) is 0 Å². The van der Waals surface area contributed by atoms with Gasteiger partial charge in [-0.3, -0.25) is 4.57 Å². The predicted molar refractivity (Wildman–Crippen MR) is 77.5 cm³/mol. The molecule has 2 aromatic rings. The first-order chi connectivity index (χ1) is 11.0. The van der Waals surface area contributed by atoms with Gasteiger partial charge in [0.25, 0.3) is 0 Å². The fourth-order valence-corrected chi connectivity index (χ4v) is 2.75. The average Bonchev–Trinajstić information content (AvgIpc) is 3.03. The van der Waals surface area contributed by atoms with Crippen LogP contribution in [-0.2, 0) is 4.74 Å². The van der Waals surface area contributed by atoms with Crippen LogP contribution >= 0.6 is 0 Å². The van der Waals surface area contributed by atoms with Crippen molar-refractivity contribution in [1.29, 1.82) is 5.26 Å². The molecule has 8 N–H and O–H groups in total. The summed E-state index contributed by atoms with van der Waals surface area (Å²) in [6, 6.07) is 1.95. The zero-order chi connectivity index (χ0) is 16.7. The molecule has 0 unspecified atom stereocenters. The number of nitrogen functional groups attached to an aromatic ring is 2. The molecule has 0 radical (unpaired) electrons. The Hall–Kier alpha value is -2.49. The number of rotatable bonds is 3. The number of aliphatic hydroxyl groups excluding tert-OH is 3. The second kappa shape index (κ2) is 5.61. The molecule has 11 nitrogen and oxygen atoms in total. The minimum atomic E-state index is -1.36. The summed E-state index contributed by atoms with van der Waals surface area (Å²) >= 11 is 0. The van der Waals surface area contributed by atoms with E-state index in [1.54, 1.807) is 0 Å². The number of nitrogens with two attached hydrogens (primary N) is 2. The van der Waals surface area contributed by atoms with Gasteiger partial charge in [-0.1, -0.05) is 0 Å². The summed E-state index contributed by atoms with van der Waals surface area (Å²) in [7, 11) is 0. The molecular formula is C12H15N7O4. The van der Waals surface area contributed by atoms with E-state index in [1.165, 1.54) is 10.9 Å². The van der Waals surface area contributed by atoms with Crippen LogP contribution in [0.15, 0.2) is 6.33 Å². The van der Waals surface area contributed by atoms with Crippen LogP contribution in [0.3, 0.4) is 0 Å². The van der Waals surface area contributed by atoms with Gasteiger partial charge in [-0.15, -0.1) is 0 Å². The number of hydrogen-bond donors (Lipinski definition) is 6. The number of aromatic nitrogens is 3. The van der Waals surface area contributed by atoms with Gasteiger partial charge in [-0.05, 0) is 0 Å². The van der Waals surface area contributed by atoms with Crippen molar-refractivity contribution in [1.82, 2.24) is 14.5 Å². The molecule has 0 bridgehead atoms. The molecule has 0 aromatic carbocycles. The quantitative estimate of drug-likeness (QED) is 0.267. The van der Waals surface area contributed by atoms with E-state index in [0.717, 1.165) is 0 Å². The Kier molecular flexibility index (Phi) is 3.76. The Morgan fingerprint density at radius 2 is 2.13 bits per heavy atom. The number of ether oxygens (including phenoxy) is 1. The van der Waals surface area contributed by atoms with E-state index < -0.39 is 31.1 Å². The van der Waals surface area contributed by atoms with Gasteiger partial charge in [-0.25, -0.2) is 15.8 Å². The number of hydrogen-bond acceptors (Lipinski definition) is 10. The molecule has 2 aromatic heterocycles. The Balaban J connectivity index is 2.26. The van der Waals surface area contributed by atoms with Crippen LogP contribution in [0.4, 0.5) is 11.6 Å². The van der Waals surface area contributed by atoms with Crippen molar-refractivity contribution >= 4 is 22.7 Å². The minimum Gasteiger partial charge on any atom is -0.394 e. The molecule has 3 heterocycles. The molecule has 0 spiro atoms. The van der Waals surface area contributed by atoms with Gasteiger partial charge in [0.15, 0.2) is 11.9 Å². The van der Waals surface area contributed by atoms with Crippen LogP contribution in [0, 0.1) is 11.3 Å². The molecule has 122 valence electrons. The van der Waals surface area contributed by atoms with E-state index in [1.807, 2.05) is 6.07 Å². The van der Waals surface area contributed by atoms with Gasteiger partial charge in [0.1, 0.15) is 47.9 Å². The highest BCUT2D eigenvalue weighted by molar-refractivity contribution is 5.97. The largest absolute Gasteiger partial charge is 0.394 e. The molecule has 0 aliphatic carbocycles. The molecule has 3 rings (SSSR count). The van der Waals surface area contributed by atoms with Gasteiger partial charge in [-0.2, -0.15) is 5.26 Å². The first-order valence-corrected chi connectivity index (χ1v) is 6.68. The molecule has 1 aliphatic rings. The summed E-state index contributed by atoms with van der Waals surface area (Å²) in [5, 5.41) is 39.0. The molecule has 4 atom stereocenters. The van der Waals surface area contributed by atoms with E-state index in [2.05, 4.69) is 15.4 Å². The second-order valence-corrected chi connectivity index (χ2v) is 5.04. The lowest BCUT2D eigenvalue weighted by atomic mass is 10.1. The molecule has 1 saturated heterocycles. The third-order valence-electron chi connectivity index (χ3n) is 3.83. The minimum absolute atomic E-state index is 0.0635. The standard InChI is InChI=1S/C12H15N7O4/c13-1-4-6-9(14)16-3-17-11(6)19(10(4)18-15)12-8(22)7(21)5(2-20)23-12/h3,5,7-8,12,18,20-22H,2,15H2,(H2,14,16,17)/t5-,7+,8+,12-/m0/s1. The molecule has 11 heteroatoms. The van der Waals surface area contributed by atoms with Crippen molar-refractivity contribution in [2.45, 2.75) is 24.5 Å². The van der Waals surface area contributed by atoms with Gasteiger partial charge in [0.2, 0.25) is 0 Å². The maximum atomic E-state index is 10.2. The lowest BCUT2D eigenvalue weighted by Crippen LogP contribution is -2.33. The number of hydrazine groups is 1. The van der Waals surface area contributed by atoms with E-state index in [4.69, 9.17) is 16.3 Å². The summed E-state index contributed by atoms with van der Waals surface area (Å²) in [5.74, 6) is 5.66. The van der Waals surface area contributed by atoms with Crippen LogP contribution < -0.4 is 17.0 Å². The Bertz CT molecular complexity index is 786. The number of nitriles is 1. The Morgan fingerprint density at radius 1 is 1.39 bits per heavy atom. The van der Waals surface area contributed by atoms with E-state index in [0.29, 0.717) is 0 Å². The Labute approximate surface area is 129 Å². The maximum absolute atomic E-state index is 10.2. The summed E-state index contributed by atoms with van der Waals surface area (Å²) in [5.41, 5.74) is 8.45. The summed E-state index contributed by atoms with van der Waals surface area (Å²) in [4.78, 5) is 7.90. The summed E-state index contributed by atoms with van der Waals surface area (Å²) in [6.45, 7) is -0.485. The number of nitrogens with zero attached hydrogens (tertiary/aromatic N) is 4. The van der Waals surface area contributed by atoms with Crippen molar-refractivity contribution in [2.24, 2.45) is 5.84 Å². The van der Waals surface area contributed by atoms with Crippen LogP contribution in [0.2, 0.25) is 0 Å². The molecule has 23 heavy (non-hydrogen) atoms. The molecular weight excluding hydrogens is 306 g/mol. The van der Waals surface area contributed by atoms with Crippen molar-refractivity contribution < 1.29 is 20.1 Å². The SMILES string of the molecule is N#Cc1c(NN)n([C@H]2O[C@@H](CO)[C@@H](O)[C@H]2O)c2ncnc(N)c12. The normalized spacial score (nSPS) is 27.3. The molecule has 0 amide bonds. The van der Waals surface area contributed by atoms with Crippen LogP contribution in [0.5, 0.6) is 0 Å². The van der Waals surface area contributed by atoms with Crippen molar-refractivity contribution in [2.75, 3.05) is 17.8 Å². The lowest BCUT2D eigenvalue weighted by Gasteiger charge is -2.20. The highest BCUT2D eigenvalue weighted by Gasteiger charge is 2.45. The van der Waals surface area contributed by atoms with E-state index in [9.17, 15) is 20.6 Å². The predicted octanol–water partition coefficient (Wildman–Crippen LogP) is -2.22. The first kappa shape index (κ1) is 15.4. The second-order valence-electron chi connectivity index (χ2n) is 5.04. The van der Waals surface area contributed by atoms with Crippen molar-refractivity contribution in [3.8, 4) is 6.07 Å². The summed E-state index contributed by atoms with van der Waals surface area (Å²) in [6.07, 6.45) is -3.58. The van der Waals surface area contributed by atoms with Crippen LogP contribution in [0.1, 0.15) is 11.8 Å². The van der Waals surface area contributed by atoms with E-state index in [-0.39, 0.29) is 28.2 Å². The maximum Gasteiger partial charge on any atom is 0.166 e.